The molecule has 0 spiro atoms. The molecule has 0 unspecified atom stereocenters. The molecule has 2 aromatic rings. The van der Waals surface area contributed by atoms with Gasteiger partial charge in [0.15, 0.2) is 0 Å². The van der Waals surface area contributed by atoms with E-state index in [4.69, 9.17) is 5.41 Å². The molecule has 9 heteroatoms. The lowest BCUT2D eigenvalue weighted by atomic mass is 10.1. The first-order valence-electron chi connectivity index (χ1n) is 8.77. The molecule has 2 N–H and O–H groups in total. The third-order valence-electron chi connectivity index (χ3n) is 4.76. The van der Waals surface area contributed by atoms with Crippen molar-refractivity contribution in [2.24, 2.45) is 0 Å². The molecule has 0 aliphatic carbocycles. The van der Waals surface area contributed by atoms with E-state index in [1.807, 2.05) is 0 Å². The number of likely N-dealkylation sites (N-methyl/N-ethyl adjacent to an activating group) is 1. The number of nitro groups is 1. The largest absolute Gasteiger partial charge is 0.365 e. The van der Waals surface area contributed by atoms with E-state index < -0.39 is 0 Å². The minimum atomic E-state index is -0.362. The first-order valence-corrected chi connectivity index (χ1v) is 8.77. The smallest absolute Gasteiger partial charge is 0.277 e. The summed E-state index contributed by atoms with van der Waals surface area (Å²) in [5.41, 5.74) is 1.90. The number of aryl methyl sites for hydroxylation is 1. The van der Waals surface area contributed by atoms with Gasteiger partial charge in [-0.15, -0.1) is 0 Å². The molecule has 142 valence electrons. The maximum absolute atomic E-state index is 11.4. The van der Waals surface area contributed by atoms with Gasteiger partial charge in [-0.3, -0.25) is 10.1 Å². The standard InChI is InChI=1S/C18H23N7O2/c1-13-4-3-5-14(16(13)25(26)27)11-20-17-15(10-19)18(22-12-21-17)24-8-6-23(2)7-9-24/h3-5,10,12,19H,6-9,11H2,1-2H3,(H,20,21,22). The van der Waals surface area contributed by atoms with E-state index in [0.29, 0.717) is 28.3 Å². The van der Waals surface area contributed by atoms with Crippen molar-refractivity contribution in [3.8, 4) is 0 Å². The minimum Gasteiger partial charge on any atom is -0.365 e. The summed E-state index contributed by atoms with van der Waals surface area (Å²) in [6, 6.07) is 5.25. The van der Waals surface area contributed by atoms with Crippen molar-refractivity contribution in [1.29, 1.82) is 5.41 Å². The number of hydrogen-bond donors (Lipinski definition) is 2. The van der Waals surface area contributed by atoms with Crippen molar-refractivity contribution in [3.05, 3.63) is 51.3 Å². The molecule has 0 saturated carbocycles. The second kappa shape index (κ2) is 8.09. The van der Waals surface area contributed by atoms with Gasteiger partial charge in [0.1, 0.15) is 18.0 Å². The fourth-order valence-corrected chi connectivity index (χ4v) is 3.23. The summed E-state index contributed by atoms with van der Waals surface area (Å²) in [5, 5.41) is 22.3. The lowest BCUT2D eigenvalue weighted by Crippen LogP contribution is -2.45. The van der Waals surface area contributed by atoms with Crippen molar-refractivity contribution >= 4 is 23.5 Å². The van der Waals surface area contributed by atoms with E-state index in [-0.39, 0.29) is 17.2 Å². The number of aromatic nitrogens is 2. The molecule has 1 saturated heterocycles. The molecule has 1 aromatic carbocycles. The molecule has 9 nitrogen and oxygen atoms in total. The molecule has 1 aromatic heterocycles. The molecule has 0 amide bonds. The van der Waals surface area contributed by atoms with Gasteiger partial charge in [0, 0.05) is 50.1 Å². The zero-order valence-corrected chi connectivity index (χ0v) is 15.5. The highest BCUT2D eigenvalue weighted by molar-refractivity contribution is 5.91. The Labute approximate surface area is 157 Å². The Morgan fingerprint density at radius 1 is 1.30 bits per heavy atom. The molecule has 0 bridgehead atoms. The van der Waals surface area contributed by atoms with E-state index in [9.17, 15) is 10.1 Å². The minimum absolute atomic E-state index is 0.106. The SMILES string of the molecule is Cc1cccc(CNc2ncnc(N3CCN(C)CC3)c2C=N)c1[N+](=O)[O-]. The van der Waals surface area contributed by atoms with Crippen molar-refractivity contribution in [2.45, 2.75) is 13.5 Å². The van der Waals surface area contributed by atoms with E-state index in [2.05, 4.69) is 32.1 Å². The van der Waals surface area contributed by atoms with Crippen molar-refractivity contribution in [1.82, 2.24) is 14.9 Å². The summed E-state index contributed by atoms with van der Waals surface area (Å²) < 4.78 is 0. The Kier molecular flexibility index (Phi) is 5.60. The van der Waals surface area contributed by atoms with Crippen LogP contribution >= 0.6 is 0 Å². The Hall–Kier alpha value is -3.07. The molecule has 1 aliphatic rings. The monoisotopic (exact) mass is 369 g/mol. The summed E-state index contributed by atoms with van der Waals surface area (Å²) in [5.74, 6) is 1.22. The Morgan fingerprint density at radius 3 is 2.70 bits per heavy atom. The third-order valence-corrected chi connectivity index (χ3v) is 4.76. The van der Waals surface area contributed by atoms with Crippen LogP contribution in [0.25, 0.3) is 0 Å². The Morgan fingerprint density at radius 2 is 2.04 bits per heavy atom. The molecular formula is C18H23N7O2. The first-order chi connectivity index (χ1) is 13.0. The summed E-state index contributed by atoms with van der Waals surface area (Å²) in [6.45, 7) is 5.49. The van der Waals surface area contributed by atoms with E-state index in [1.165, 1.54) is 12.5 Å². The molecule has 2 heterocycles. The zero-order chi connectivity index (χ0) is 19.4. The van der Waals surface area contributed by atoms with E-state index in [0.717, 1.165) is 26.2 Å². The van der Waals surface area contributed by atoms with Crippen molar-refractivity contribution in [3.63, 3.8) is 0 Å². The highest BCUT2D eigenvalue weighted by Gasteiger charge is 2.21. The van der Waals surface area contributed by atoms with Gasteiger partial charge in [-0.1, -0.05) is 18.2 Å². The van der Waals surface area contributed by atoms with Crippen molar-refractivity contribution < 1.29 is 4.92 Å². The fraction of sp³-hybridized carbons (Fsp3) is 0.389. The van der Waals surface area contributed by atoms with Gasteiger partial charge in [0.2, 0.25) is 0 Å². The third kappa shape index (κ3) is 4.03. The van der Waals surface area contributed by atoms with Crippen LogP contribution in [0, 0.1) is 22.4 Å². The van der Waals surface area contributed by atoms with Crippen molar-refractivity contribution in [2.75, 3.05) is 43.4 Å². The Balaban J connectivity index is 1.84. The molecule has 3 rings (SSSR count). The van der Waals surface area contributed by atoms with Gasteiger partial charge < -0.3 is 20.5 Å². The van der Waals surface area contributed by atoms with Crippen LogP contribution in [0.1, 0.15) is 16.7 Å². The average molecular weight is 369 g/mol. The van der Waals surface area contributed by atoms with Gasteiger partial charge in [0.25, 0.3) is 5.69 Å². The predicted molar refractivity (Wildman–Crippen MR) is 105 cm³/mol. The normalized spacial score (nSPS) is 14.8. The predicted octanol–water partition coefficient (Wildman–Crippen LogP) is 2.05. The number of nitrogens with zero attached hydrogens (tertiary/aromatic N) is 5. The fourth-order valence-electron chi connectivity index (χ4n) is 3.23. The Bertz CT molecular complexity index is 848. The van der Waals surface area contributed by atoms with E-state index in [1.54, 1.807) is 25.1 Å². The van der Waals surface area contributed by atoms with Gasteiger partial charge in [-0.05, 0) is 14.0 Å². The zero-order valence-electron chi connectivity index (χ0n) is 15.5. The van der Waals surface area contributed by atoms with Crippen LogP contribution in [0.3, 0.4) is 0 Å². The summed E-state index contributed by atoms with van der Waals surface area (Å²) >= 11 is 0. The van der Waals surface area contributed by atoms with Gasteiger partial charge >= 0.3 is 0 Å². The van der Waals surface area contributed by atoms with Crippen LogP contribution in [0.2, 0.25) is 0 Å². The molecule has 1 fully saturated rings. The number of piperazine rings is 1. The highest BCUT2D eigenvalue weighted by atomic mass is 16.6. The number of benzene rings is 1. The number of nitrogens with one attached hydrogen (secondary N) is 2. The number of hydrogen-bond acceptors (Lipinski definition) is 8. The number of anilines is 2. The van der Waals surface area contributed by atoms with Crippen LogP contribution in [0.5, 0.6) is 0 Å². The quantitative estimate of drug-likeness (QED) is 0.455. The lowest BCUT2D eigenvalue weighted by Gasteiger charge is -2.34. The molecular weight excluding hydrogens is 346 g/mol. The first kappa shape index (κ1) is 18.7. The maximum atomic E-state index is 11.4. The topological polar surface area (TPSA) is 111 Å². The summed E-state index contributed by atoms with van der Waals surface area (Å²) in [7, 11) is 2.08. The molecule has 0 atom stereocenters. The average Bonchev–Trinajstić information content (AvgIpc) is 2.66. The second-order valence-electron chi connectivity index (χ2n) is 6.59. The summed E-state index contributed by atoms with van der Waals surface area (Å²) in [4.78, 5) is 24.0. The molecule has 1 aliphatic heterocycles. The number of para-hydroxylation sites is 1. The van der Waals surface area contributed by atoms with Gasteiger partial charge in [0.05, 0.1) is 10.5 Å². The lowest BCUT2D eigenvalue weighted by molar-refractivity contribution is -0.386. The highest BCUT2D eigenvalue weighted by Crippen LogP contribution is 2.26. The van der Waals surface area contributed by atoms with Crippen LogP contribution in [-0.2, 0) is 6.54 Å². The van der Waals surface area contributed by atoms with E-state index >= 15 is 0 Å². The van der Waals surface area contributed by atoms with Crippen LogP contribution in [0.15, 0.2) is 24.5 Å². The second-order valence-corrected chi connectivity index (χ2v) is 6.59. The van der Waals surface area contributed by atoms with Crippen LogP contribution < -0.4 is 10.2 Å². The van der Waals surface area contributed by atoms with Crippen LogP contribution in [0.4, 0.5) is 17.3 Å². The van der Waals surface area contributed by atoms with Gasteiger partial charge in [-0.2, -0.15) is 0 Å². The summed E-state index contributed by atoms with van der Waals surface area (Å²) in [6.07, 6.45) is 2.70. The maximum Gasteiger partial charge on any atom is 0.277 e. The number of nitro benzene ring substituents is 1. The molecule has 0 radical (unpaired) electrons. The molecule has 27 heavy (non-hydrogen) atoms. The van der Waals surface area contributed by atoms with Gasteiger partial charge in [-0.25, -0.2) is 9.97 Å². The van der Waals surface area contributed by atoms with Crippen LogP contribution in [-0.4, -0.2) is 59.2 Å². The number of rotatable bonds is 6.